The first-order chi connectivity index (χ1) is 16.6. The normalized spacial score (nSPS) is 11.2. The van der Waals surface area contributed by atoms with Crippen molar-refractivity contribution < 1.29 is 19.4 Å². The number of rotatable bonds is 8. The fourth-order valence-corrected chi connectivity index (χ4v) is 4.78. The van der Waals surface area contributed by atoms with E-state index < -0.39 is 5.97 Å². The fourth-order valence-electron chi connectivity index (χ4n) is 4.26. The van der Waals surface area contributed by atoms with E-state index in [1.807, 2.05) is 72.2 Å². The highest BCUT2D eigenvalue weighted by atomic mass is 32.1. The number of benzene rings is 3. The predicted octanol–water partition coefficient (Wildman–Crippen LogP) is 5.86. The van der Waals surface area contributed by atoms with Crippen molar-refractivity contribution in [1.82, 2.24) is 13.3 Å². The molecule has 34 heavy (non-hydrogen) atoms. The van der Waals surface area contributed by atoms with Crippen LogP contribution in [-0.4, -0.2) is 38.1 Å². The quantitative estimate of drug-likeness (QED) is 0.304. The minimum absolute atomic E-state index is 0.205. The van der Waals surface area contributed by atoms with Crippen LogP contribution in [0.3, 0.4) is 0 Å². The number of carbonyl (C=O) groups is 1. The molecule has 8 heteroatoms. The molecular formula is C26H23N3O4S. The van der Waals surface area contributed by atoms with Crippen LogP contribution in [0, 0.1) is 0 Å². The number of methoxy groups -OCH3 is 1. The number of hydrogen-bond donors (Lipinski definition) is 1. The molecule has 0 unspecified atom stereocenters. The van der Waals surface area contributed by atoms with Gasteiger partial charge in [-0.2, -0.15) is 8.75 Å². The summed E-state index contributed by atoms with van der Waals surface area (Å²) in [6.45, 7) is 2.98. The van der Waals surface area contributed by atoms with Gasteiger partial charge in [-0.25, -0.2) is 4.79 Å². The van der Waals surface area contributed by atoms with E-state index in [4.69, 9.17) is 9.47 Å². The minimum atomic E-state index is -1.01. The van der Waals surface area contributed by atoms with Crippen molar-refractivity contribution in [1.29, 1.82) is 0 Å². The molecule has 0 atom stereocenters. The first kappa shape index (κ1) is 21.9. The fraction of sp³-hybridized carbons (Fsp3) is 0.192. The lowest BCUT2D eigenvalue weighted by molar-refractivity contribution is 0.0687. The molecule has 0 amide bonds. The standard InChI is InChI=1S/C26H23N3O4S/c1-3-12-33-18-9-11-22-19(14-18)24(16-8-10-20-21(13-16)28-34-27-20)25(26(30)31)29(22)15-17-6-4-5-7-23(17)32-2/h4-11,13-14H,3,12,15H2,1-2H3,(H,30,31). The Balaban J connectivity index is 1.78. The third-order valence-electron chi connectivity index (χ3n) is 5.77. The van der Waals surface area contributed by atoms with Crippen LogP contribution in [0.1, 0.15) is 29.4 Å². The lowest BCUT2D eigenvalue weighted by Gasteiger charge is -2.13. The van der Waals surface area contributed by atoms with Crippen LogP contribution in [-0.2, 0) is 6.54 Å². The molecule has 5 rings (SSSR count). The number of nitrogens with zero attached hydrogens (tertiary/aromatic N) is 3. The Morgan fingerprint density at radius 3 is 2.68 bits per heavy atom. The first-order valence-corrected chi connectivity index (χ1v) is 11.7. The summed E-state index contributed by atoms with van der Waals surface area (Å²) < 4.78 is 21.9. The number of fused-ring (bicyclic) bond motifs is 2. The molecule has 0 spiro atoms. The zero-order valence-electron chi connectivity index (χ0n) is 18.8. The molecule has 2 aromatic heterocycles. The second-order valence-electron chi connectivity index (χ2n) is 7.92. The second kappa shape index (κ2) is 9.15. The summed E-state index contributed by atoms with van der Waals surface area (Å²) in [7, 11) is 1.62. The van der Waals surface area contributed by atoms with Crippen molar-refractivity contribution in [3.05, 3.63) is 71.9 Å². The second-order valence-corrected chi connectivity index (χ2v) is 8.45. The van der Waals surface area contributed by atoms with Crippen molar-refractivity contribution in [2.75, 3.05) is 13.7 Å². The van der Waals surface area contributed by atoms with Crippen molar-refractivity contribution in [2.45, 2.75) is 19.9 Å². The molecule has 3 aromatic carbocycles. The number of para-hydroxylation sites is 1. The molecule has 0 saturated heterocycles. The molecule has 0 aliphatic heterocycles. The lowest BCUT2D eigenvalue weighted by atomic mass is 10.0. The third kappa shape index (κ3) is 3.86. The maximum Gasteiger partial charge on any atom is 0.353 e. The van der Waals surface area contributed by atoms with Crippen LogP contribution in [0.25, 0.3) is 33.1 Å². The summed E-state index contributed by atoms with van der Waals surface area (Å²) in [4.78, 5) is 12.7. The zero-order chi connectivity index (χ0) is 23.7. The molecule has 0 fully saturated rings. The summed E-state index contributed by atoms with van der Waals surface area (Å²) >= 11 is 1.14. The van der Waals surface area contributed by atoms with Gasteiger partial charge in [0.25, 0.3) is 0 Å². The average molecular weight is 474 g/mol. The molecule has 5 aromatic rings. The molecule has 0 bridgehead atoms. The van der Waals surface area contributed by atoms with E-state index in [1.165, 1.54) is 0 Å². The summed E-state index contributed by atoms with van der Waals surface area (Å²) in [5, 5.41) is 11.2. The summed E-state index contributed by atoms with van der Waals surface area (Å²) in [5.41, 5.74) is 4.83. The van der Waals surface area contributed by atoms with Crippen molar-refractivity contribution in [2.24, 2.45) is 0 Å². The van der Waals surface area contributed by atoms with E-state index in [-0.39, 0.29) is 5.69 Å². The predicted molar refractivity (Wildman–Crippen MR) is 133 cm³/mol. The van der Waals surface area contributed by atoms with Gasteiger partial charge in [-0.3, -0.25) is 0 Å². The number of ether oxygens (including phenoxy) is 2. The SMILES string of the molecule is CCCOc1ccc2c(c1)c(-c1ccc3nsnc3c1)c(C(=O)O)n2Cc1ccccc1OC. The smallest absolute Gasteiger partial charge is 0.353 e. The monoisotopic (exact) mass is 473 g/mol. The van der Waals surface area contributed by atoms with E-state index in [2.05, 4.69) is 8.75 Å². The Labute approximate surface area is 200 Å². The highest BCUT2D eigenvalue weighted by Crippen LogP contribution is 2.39. The van der Waals surface area contributed by atoms with Gasteiger partial charge in [-0.05, 0) is 48.4 Å². The summed E-state index contributed by atoms with van der Waals surface area (Å²) in [6, 6.07) is 19.1. The highest BCUT2D eigenvalue weighted by molar-refractivity contribution is 7.00. The maximum absolute atomic E-state index is 12.7. The number of hydrogen-bond acceptors (Lipinski definition) is 6. The van der Waals surface area contributed by atoms with Crippen molar-refractivity contribution in [3.63, 3.8) is 0 Å². The van der Waals surface area contributed by atoms with Gasteiger partial charge in [0, 0.05) is 22.0 Å². The average Bonchev–Trinajstić information content (AvgIpc) is 3.45. The van der Waals surface area contributed by atoms with Crippen LogP contribution in [0.4, 0.5) is 0 Å². The largest absolute Gasteiger partial charge is 0.496 e. The molecule has 0 saturated carbocycles. The van der Waals surface area contributed by atoms with E-state index in [9.17, 15) is 9.90 Å². The zero-order valence-corrected chi connectivity index (χ0v) is 19.6. The van der Waals surface area contributed by atoms with Gasteiger partial charge in [-0.15, -0.1) is 0 Å². The topological polar surface area (TPSA) is 86.5 Å². The maximum atomic E-state index is 12.7. The summed E-state index contributed by atoms with van der Waals surface area (Å²) in [5.74, 6) is 0.409. The Bertz CT molecular complexity index is 1510. The lowest BCUT2D eigenvalue weighted by Crippen LogP contribution is -2.11. The summed E-state index contributed by atoms with van der Waals surface area (Å²) in [6.07, 6.45) is 0.883. The molecule has 0 aliphatic rings. The van der Waals surface area contributed by atoms with Crippen LogP contribution in [0.15, 0.2) is 60.7 Å². The van der Waals surface area contributed by atoms with E-state index in [0.29, 0.717) is 30.2 Å². The van der Waals surface area contributed by atoms with E-state index in [0.717, 1.165) is 51.2 Å². The Hall–Kier alpha value is -3.91. The minimum Gasteiger partial charge on any atom is -0.496 e. The van der Waals surface area contributed by atoms with Crippen LogP contribution < -0.4 is 9.47 Å². The number of aromatic carboxylic acids is 1. The highest BCUT2D eigenvalue weighted by Gasteiger charge is 2.25. The van der Waals surface area contributed by atoms with Gasteiger partial charge in [-0.1, -0.05) is 31.2 Å². The van der Waals surface area contributed by atoms with Gasteiger partial charge in [0.15, 0.2) is 0 Å². The first-order valence-electron chi connectivity index (χ1n) is 11.0. The van der Waals surface area contributed by atoms with E-state index >= 15 is 0 Å². The van der Waals surface area contributed by atoms with Crippen molar-refractivity contribution >= 4 is 39.6 Å². The van der Waals surface area contributed by atoms with Crippen LogP contribution in [0.5, 0.6) is 11.5 Å². The molecule has 2 heterocycles. The molecule has 1 N–H and O–H groups in total. The van der Waals surface area contributed by atoms with Gasteiger partial charge in [0.1, 0.15) is 28.2 Å². The third-order valence-corrected chi connectivity index (χ3v) is 6.33. The molecule has 0 aliphatic carbocycles. The molecular weight excluding hydrogens is 450 g/mol. The molecule has 7 nitrogen and oxygen atoms in total. The Morgan fingerprint density at radius 2 is 1.88 bits per heavy atom. The van der Waals surface area contributed by atoms with Gasteiger partial charge in [0.2, 0.25) is 0 Å². The van der Waals surface area contributed by atoms with Gasteiger partial charge < -0.3 is 19.1 Å². The Kier molecular flexibility index (Phi) is 5.90. The van der Waals surface area contributed by atoms with Crippen molar-refractivity contribution in [3.8, 4) is 22.6 Å². The molecule has 0 radical (unpaired) electrons. The van der Waals surface area contributed by atoms with Gasteiger partial charge in [0.05, 0.1) is 32.0 Å². The van der Waals surface area contributed by atoms with Crippen LogP contribution >= 0.6 is 11.7 Å². The number of aromatic nitrogens is 3. The number of carboxylic acid groups (broad SMARTS) is 1. The van der Waals surface area contributed by atoms with Crippen LogP contribution in [0.2, 0.25) is 0 Å². The van der Waals surface area contributed by atoms with Gasteiger partial charge >= 0.3 is 5.97 Å². The Morgan fingerprint density at radius 1 is 1.06 bits per heavy atom. The molecule has 172 valence electrons. The number of carboxylic acids is 1. The van der Waals surface area contributed by atoms with E-state index in [1.54, 1.807) is 7.11 Å².